The Morgan fingerprint density at radius 3 is 2.75 bits per heavy atom. The topological polar surface area (TPSA) is 62.0 Å². The fourth-order valence-corrected chi connectivity index (χ4v) is 3.62. The average Bonchev–Trinajstić information content (AvgIpc) is 2.73. The summed E-state index contributed by atoms with van der Waals surface area (Å²) in [4.78, 5) is 31.8. The van der Waals surface area contributed by atoms with Crippen LogP contribution in [0.3, 0.4) is 0 Å². The van der Waals surface area contributed by atoms with E-state index in [1.165, 1.54) is 9.48 Å². The monoisotopic (exact) mass is 376 g/mol. The molecule has 1 atom stereocenters. The van der Waals surface area contributed by atoms with E-state index in [1.54, 1.807) is 19.3 Å². The summed E-state index contributed by atoms with van der Waals surface area (Å²) in [5, 5.41) is 2.11. The van der Waals surface area contributed by atoms with Gasteiger partial charge in [0.05, 0.1) is 13.7 Å². The number of carbonyl (C=O) groups excluding carboxylic acids is 2. The van der Waals surface area contributed by atoms with Gasteiger partial charge in [0.1, 0.15) is 18.5 Å². The maximum absolute atomic E-state index is 13.3. The molecule has 0 fully saturated rings. The Labute approximate surface area is 163 Å². The highest BCUT2D eigenvalue weighted by Crippen LogP contribution is 2.28. The number of urea groups is 1. The van der Waals surface area contributed by atoms with Crippen molar-refractivity contribution in [1.29, 1.82) is 0 Å². The molecule has 0 bridgehead atoms. The predicted octanol–water partition coefficient (Wildman–Crippen LogP) is 3.35. The van der Waals surface area contributed by atoms with E-state index in [9.17, 15) is 9.59 Å². The molecule has 0 N–H and O–H groups in total. The number of nitrogens with zero attached hydrogens (tertiary/aromatic N) is 3. The Hall–Kier alpha value is -3.28. The molecule has 4 rings (SSSR count). The van der Waals surface area contributed by atoms with Crippen LogP contribution < -0.4 is 0 Å². The zero-order chi connectivity index (χ0) is 19.7. The highest BCUT2D eigenvalue weighted by molar-refractivity contribution is 6.15. The molecule has 0 spiro atoms. The quantitative estimate of drug-likeness (QED) is 0.752. The summed E-state index contributed by atoms with van der Waals surface area (Å²) in [7, 11) is 1.65. The van der Waals surface area contributed by atoms with E-state index in [1.807, 2.05) is 49.4 Å². The summed E-state index contributed by atoms with van der Waals surface area (Å²) in [6.45, 7) is 2.73. The molecule has 2 aromatic carbocycles. The minimum absolute atomic E-state index is 0.206. The zero-order valence-electron chi connectivity index (χ0n) is 16.0. The first-order valence-corrected chi connectivity index (χ1v) is 9.41. The van der Waals surface area contributed by atoms with E-state index in [0.29, 0.717) is 18.2 Å². The van der Waals surface area contributed by atoms with Crippen LogP contribution in [0.25, 0.3) is 10.8 Å². The number of hydrogen-bond acceptors (Lipinski definition) is 4. The van der Waals surface area contributed by atoms with Crippen molar-refractivity contribution in [2.75, 3.05) is 13.7 Å². The molecule has 6 heteroatoms. The summed E-state index contributed by atoms with van der Waals surface area (Å²) in [5.41, 5.74) is 0.927. The second kappa shape index (κ2) is 7.38. The third-order valence-electron chi connectivity index (χ3n) is 5.04. The summed E-state index contributed by atoms with van der Waals surface area (Å²) < 4.78 is 7.23. The van der Waals surface area contributed by atoms with E-state index in [0.717, 1.165) is 22.8 Å². The minimum atomic E-state index is -0.686. The van der Waals surface area contributed by atoms with Crippen LogP contribution in [0.15, 0.2) is 59.3 Å². The maximum atomic E-state index is 13.3. The van der Waals surface area contributed by atoms with E-state index in [4.69, 9.17) is 4.74 Å². The number of fused-ring (bicyclic) bond motifs is 2. The molecule has 2 aliphatic heterocycles. The van der Waals surface area contributed by atoms with Crippen molar-refractivity contribution >= 4 is 34.8 Å². The van der Waals surface area contributed by atoms with Gasteiger partial charge in [-0.05, 0) is 22.8 Å². The van der Waals surface area contributed by atoms with Crippen LogP contribution in [-0.2, 0) is 16.1 Å². The second-order valence-corrected chi connectivity index (χ2v) is 6.89. The van der Waals surface area contributed by atoms with E-state index in [-0.39, 0.29) is 18.5 Å². The fraction of sp³-hybridized carbons (Fsp3) is 0.273. The number of benzene rings is 2. The lowest BCUT2D eigenvalue weighted by Crippen LogP contribution is -2.54. The Kier molecular flexibility index (Phi) is 4.77. The molecule has 0 aromatic heterocycles. The van der Waals surface area contributed by atoms with Crippen LogP contribution in [0, 0.1) is 5.92 Å². The van der Waals surface area contributed by atoms with Crippen molar-refractivity contribution in [3.8, 4) is 0 Å². The number of amidine groups is 1. The van der Waals surface area contributed by atoms with Crippen molar-refractivity contribution in [3.05, 3.63) is 59.9 Å². The van der Waals surface area contributed by atoms with Crippen molar-refractivity contribution < 1.29 is 18.9 Å². The molecule has 2 heterocycles. The predicted molar refractivity (Wildman–Crippen MR) is 107 cm³/mol. The number of allylic oxidation sites excluding steroid dienone is 1. The third kappa shape index (κ3) is 3.01. The summed E-state index contributed by atoms with van der Waals surface area (Å²) in [6, 6.07) is 13.5. The molecule has 0 radical (unpaired) electrons. The standard InChI is InChI=1S/C22H22N3O3/c1-3-13-28-18-11-12-23-20-19(18)21(26)25(22(27)24(20)2)14-16-9-6-8-15-7-4-5-10-17(15)16/h4-12,19H,3,13-14H2,1-2H3/q+1. The van der Waals surface area contributed by atoms with Crippen molar-refractivity contribution in [1.82, 2.24) is 4.90 Å². The Morgan fingerprint density at radius 1 is 1.14 bits per heavy atom. The Balaban J connectivity index is 1.72. The number of amides is 3. The smallest absolute Gasteiger partial charge is 0.445 e. The lowest BCUT2D eigenvalue weighted by molar-refractivity contribution is -0.409. The molecule has 2 aliphatic rings. The van der Waals surface area contributed by atoms with E-state index >= 15 is 0 Å². The van der Waals surface area contributed by atoms with Gasteiger partial charge in [0.25, 0.3) is 5.84 Å². The molecule has 0 saturated heterocycles. The largest absolute Gasteiger partial charge is 0.496 e. The SMILES string of the molecule is CCCOC1=CC=NC2=[N+](C)C(=O)N(Cc3cccc4ccccc34)C(=O)C12. The molecule has 3 amide bonds. The van der Waals surface area contributed by atoms with Crippen LogP contribution in [-0.4, -0.2) is 47.1 Å². The van der Waals surface area contributed by atoms with Crippen molar-refractivity contribution in [2.45, 2.75) is 19.9 Å². The molecule has 1 unspecified atom stereocenters. The molecule has 0 aliphatic carbocycles. The molecular weight excluding hydrogens is 354 g/mol. The highest BCUT2D eigenvalue weighted by atomic mass is 16.5. The van der Waals surface area contributed by atoms with Gasteiger partial charge in [-0.25, -0.2) is 4.79 Å². The minimum Gasteiger partial charge on any atom is -0.496 e. The van der Waals surface area contributed by atoms with Crippen LogP contribution in [0.5, 0.6) is 0 Å². The number of hydrogen-bond donors (Lipinski definition) is 0. The maximum Gasteiger partial charge on any atom is 0.445 e. The van der Waals surface area contributed by atoms with Crippen LogP contribution in [0.2, 0.25) is 0 Å². The van der Waals surface area contributed by atoms with Gasteiger partial charge in [0.15, 0.2) is 5.92 Å². The van der Waals surface area contributed by atoms with Gasteiger partial charge in [-0.2, -0.15) is 9.48 Å². The van der Waals surface area contributed by atoms with Gasteiger partial charge in [-0.3, -0.25) is 4.79 Å². The van der Waals surface area contributed by atoms with Crippen LogP contribution in [0.4, 0.5) is 4.79 Å². The number of rotatable bonds is 5. The Morgan fingerprint density at radius 2 is 1.93 bits per heavy atom. The molecule has 2 aromatic rings. The number of imide groups is 1. The number of carbonyl (C=O) groups is 2. The van der Waals surface area contributed by atoms with Gasteiger partial charge in [0, 0.05) is 6.08 Å². The van der Waals surface area contributed by atoms with Gasteiger partial charge in [-0.1, -0.05) is 49.4 Å². The molecular formula is C22H22N3O3+. The zero-order valence-corrected chi connectivity index (χ0v) is 16.0. The normalized spacial score (nSPS) is 19.1. The van der Waals surface area contributed by atoms with Gasteiger partial charge in [-0.15, -0.1) is 4.99 Å². The first-order chi connectivity index (χ1) is 13.6. The average molecular weight is 376 g/mol. The van der Waals surface area contributed by atoms with E-state index < -0.39 is 5.92 Å². The highest BCUT2D eigenvalue weighted by Gasteiger charge is 2.49. The van der Waals surface area contributed by atoms with Gasteiger partial charge in [0.2, 0.25) is 0 Å². The van der Waals surface area contributed by atoms with Gasteiger partial charge < -0.3 is 4.74 Å². The fourth-order valence-electron chi connectivity index (χ4n) is 3.62. The number of ether oxygens (including phenoxy) is 1. The third-order valence-corrected chi connectivity index (χ3v) is 5.04. The molecule has 0 saturated carbocycles. The summed E-state index contributed by atoms with van der Waals surface area (Å²) in [5.74, 6) is -0.0312. The van der Waals surface area contributed by atoms with Crippen LogP contribution >= 0.6 is 0 Å². The molecule has 142 valence electrons. The first kappa shape index (κ1) is 18.1. The molecule has 6 nitrogen and oxygen atoms in total. The number of aliphatic imine (C=N–C) groups is 1. The lowest BCUT2D eigenvalue weighted by Gasteiger charge is -2.28. The van der Waals surface area contributed by atoms with Gasteiger partial charge >= 0.3 is 11.9 Å². The van der Waals surface area contributed by atoms with Crippen molar-refractivity contribution in [2.24, 2.45) is 10.9 Å². The lowest BCUT2D eigenvalue weighted by atomic mass is 9.98. The number of dihydropyridines is 1. The second-order valence-electron chi connectivity index (χ2n) is 6.89. The summed E-state index contributed by atoms with van der Waals surface area (Å²) >= 11 is 0. The first-order valence-electron chi connectivity index (χ1n) is 9.41. The summed E-state index contributed by atoms with van der Waals surface area (Å²) in [6.07, 6.45) is 4.12. The van der Waals surface area contributed by atoms with E-state index in [2.05, 4.69) is 4.99 Å². The molecule has 28 heavy (non-hydrogen) atoms. The Bertz CT molecular complexity index is 1050. The van der Waals surface area contributed by atoms with Crippen molar-refractivity contribution in [3.63, 3.8) is 0 Å². The van der Waals surface area contributed by atoms with Crippen LogP contribution in [0.1, 0.15) is 18.9 Å².